The Kier molecular flexibility index (Phi) is 4.24. The zero-order valence-corrected chi connectivity index (χ0v) is 14.0. The van der Waals surface area contributed by atoms with Crippen LogP contribution in [-0.4, -0.2) is 25.4 Å². The third-order valence-corrected chi connectivity index (χ3v) is 5.00. The van der Waals surface area contributed by atoms with Gasteiger partial charge in [0, 0.05) is 0 Å². The lowest BCUT2D eigenvalue weighted by Crippen LogP contribution is -2.34. The van der Waals surface area contributed by atoms with Gasteiger partial charge in [0.2, 0.25) is 0 Å². The van der Waals surface area contributed by atoms with Crippen LogP contribution in [0, 0.1) is 15.9 Å². The van der Waals surface area contributed by atoms with E-state index in [-0.39, 0.29) is 11.4 Å². The smallest absolute Gasteiger partial charge is 0.292 e. The van der Waals surface area contributed by atoms with Crippen molar-refractivity contribution in [2.45, 2.75) is 17.9 Å². The van der Waals surface area contributed by atoms with Gasteiger partial charge in [-0.15, -0.1) is 0 Å². The number of benzene rings is 2. The summed E-state index contributed by atoms with van der Waals surface area (Å²) in [5.74, 6) is -0.974. The van der Waals surface area contributed by atoms with Crippen molar-refractivity contribution in [2.75, 3.05) is 10.0 Å². The molecule has 9 nitrogen and oxygen atoms in total. The summed E-state index contributed by atoms with van der Waals surface area (Å²) in [4.78, 5) is 21.0. The fraction of sp³-hybridized carbons (Fsp3) is 0.133. The maximum atomic E-state index is 13.2. The average molecular weight is 381 g/mol. The Bertz CT molecular complexity index is 1020. The molecule has 0 aliphatic carbocycles. The highest BCUT2D eigenvalue weighted by Gasteiger charge is 2.28. The summed E-state index contributed by atoms with van der Waals surface area (Å²) in [7, 11) is -4.37. The molecule has 1 aliphatic rings. The third kappa shape index (κ3) is 3.28. The molecule has 0 bridgehead atoms. The van der Waals surface area contributed by atoms with E-state index in [0.29, 0.717) is 11.8 Å². The van der Waals surface area contributed by atoms with Crippen molar-refractivity contribution in [3.63, 3.8) is 0 Å². The molecule has 2 aromatic carbocycles. The van der Waals surface area contributed by atoms with Crippen LogP contribution in [0.2, 0.25) is 0 Å². The van der Waals surface area contributed by atoms with Gasteiger partial charge in [0.15, 0.2) is 11.0 Å². The van der Waals surface area contributed by atoms with Crippen molar-refractivity contribution >= 4 is 33.0 Å². The summed E-state index contributed by atoms with van der Waals surface area (Å²) in [5, 5.41) is 13.6. The number of anilines is 2. The summed E-state index contributed by atoms with van der Waals surface area (Å²) in [6, 6.07) is 6.27. The maximum Gasteiger partial charge on any atom is 0.292 e. The molecule has 1 heterocycles. The van der Waals surface area contributed by atoms with Gasteiger partial charge in [0.1, 0.15) is 11.6 Å². The number of nitro groups is 1. The first kappa shape index (κ1) is 17.6. The van der Waals surface area contributed by atoms with Crippen LogP contribution in [-0.2, 0) is 14.8 Å². The summed E-state index contributed by atoms with van der Waals surface area (Å²) in [6.45, 7) is 1.56. The van der Waals surface area contributed by atoms with E-state index in [1.807, 2.05) is 0 Å². The van der Waals surface area contributed by atoms with Crippen LogP contribution in [0.1, 0.15) is 6.92 Å². The quantitative estimate of drug-likeness (QED) is 0.618. The Labute approximate surface area is 147 Å². The summed E-state index contributed by atoms with van der Waals surface area (Å²) in [5.41, 5.74) is -0.594. The van der Waals surface area contributed by atoms with Gasteiger partial charge in [0.05, 0.1) is 22.4 Å². The fourth-order valence-corrected chi connectivity index (χ4v) is 3.55. The van der Waals surface area contributed by atoms with Crippen molar-refractivity contribution in [3.05, 3.63) is 52.3 Å². The Morgan fingerprint density at radius 2 is 2.00 bits per heavy atom. The van der Waals surface area contributed by atoms with Crippen molar-refractivity contribution in [3.8, 4) is 5.75 Å². The number of sulfonamides is 1. The lowest BCUT2D eigenvalue weighted by molar-refractivity contribution is -0.388. The van der Waals surface area contributed by atoms with Gasteiger partial charge in [-0.25, -0.2) is 12.8 Å². The number of hydrogen-bond donors (Lipinski definition) is 2. The number of nitrogens with zero attached hydrogens (tertiary/aromatic N) is 1. The molecule has 0 saturated carbocycles. The summed E-state index contributed by atoms with van der Waals surface area (Å²) in [6.07, 6.45) is -0.688. The molecule has 0 aromatic heterocycles. The predicted molar refractivity (Wildman–Crippen MR) is 89.0 cm³/mol. The second-order valence-electron chi connectivity index (χ2n) is 5.43. The number of fused-ring (bicyclic) bond motifs is 1. The first-order valence-corrected chi connectivity index (χ1v) is 8.74. The third-order valence-electron chi connectivity index (χ3n) is 3.57. The predicted octanol–water partition coefficient (Wildman–Crippen LogP) is 2.25. The molecule has 136 valence electrons. The molecule has 11 heteroatoms. The van der Waals surface area contributed by atoms with Crippen molar-refractivity contribution in [1.82, 2.24) is 0 Å². The van der Waals surface area contributed by atoms with E-state index in [0.717, 1.165) is 12.1 Å². The van der Waals surface area contributed by atoms with E-state index >= 15 is 0 Å². The number of rotatable bonds is 4. The molecule has 0 spiro atoms. The molecule has 1 aliphatic heterocycles. The second kappa shape index (κ2) is 6.26. The van der Waals surface area contributed by atoms with Gasteiger partial charge in [-0.05, 0) is 37.3 Å². The monoisotopic (exact) mass is 381 g/mol. The lowest BCUT2D eigenvalue weighted by atomic mass is 10.2. The van der Waals surface area contributed by atoms with Crippen molar-refractivity contribution in [2.24, 2.45) is 0 Å². The van der Waals surface area contributed by atoms with Crippen LogP contribution < -0.4 is 14.8 Å². The zero-order chi connectivity index (χ0) is 19.1. The van der Waals surface area contributed by atoms with Gasteiger partial charge in [-0.1, -0.05) is 0 Å². The number of nitrogens with one attached hydrogen (secondary N) is 2. The van der Waals surface area contributed by atoms with E-state index in [4.69, 9.17) is 4.74 Å². The Balaban J connectivity index is 1.95. The van der Waals surface area contributed by atoms with Crippen LogP contribution >= 0.6 is 0 Å². The number of ether oxygens (including phenoxy) is 1. The molecular formula is C15H12FN3O6S. The first-order chi connectivity index (χ1) is 12.2. The van der Waals surface area contributed by atoms with Crippen LogP contribution in [0.25, 0.3) is 0 Å². The number of nitro benzene ring substituents is 1. The lowest BCUT2D eigenvalue weighted by Gasteiger charge is -2.23. The minimum Gasteiger partial charge on any atom is -0.479 e. The highest BCUT2D eigenvalue weighted by Crippen LogP contribution is 2.33. The van der Waals surface area contributed by atoms with Crippen LogP contribution in [0.4, 0.5) is 21.5 Å². The van der Waals surface area contributed by atoms with E-state index in [1.165, 1.54) is 18.2 Å². The molecule has 2 N–H and O–H groups in total. The standard InChI is InChI=1S/C15H12FN3O6S/c1-8-15(20)17-11-7-10(3-4-13(11)25-8)18-26(23,24)14-5-2-9(16)6-12(14)19(21)22/h2-8,18H,1H3,(H,17,20). The fourth-order valence-electron chi connectivity index (χ4n) is 2.34. The Hall–Kier alpha value is -3.21. The molecule has 1 amide bonds. The highest BCUT2D eigenvalue weighted by molar-refractivity contribution is 7.92. The Morgan fingerprint density at radius 3 is 2.69 bits per heavy atom. The molecule has 26 heavy (non-hydrogen) atoms. The van der Waals surface area contributed by atoms with Gasteiger partial charge < -0.3 is 10.1 Å². The molecule has 0 radical (unpaired) electrons. The zero-order valence-electron chi connectivity index (χ0n) is 13.2. The number of halogens is 1. The average Bonchev–Trinajstić information content (AvgIpc) is 2.55. The van der Waals surface area contributed by atoms with Crippen molar-refractivity contribution < 1.29 is 27.3 Å². The van der Waals surface area contributed by atoms with Crippen LogP contribution in [0.5, 0.6) is 5.75 Å². The first-order valence-electron chi connectivity index (χ1n) is 7.26. The Morgan fingerprint density at radius 1 is 1.27 bits per heavy atom. The van der Waals surface area contributed by atoms with E-state index in [1.54, 1.807) is 6.92 Å². The molecule has 0 fully saturated rings. The minimum atomic E-state index is -4.37. The molecule has 2 aromatic rings. The molecule has 3 rings (SSSR count). The van der Waals surface area contributed by atoms with Crippen LogP contribution in [0.15, 0.2) is 41.3 Å². The number of carbonyl (C=O) groups is 1. The van der Waals surface area contributed by atoms with Gasteiger partial charge in [-0.3, -0.25) is 19.6 Å². The van der Waals surface area contributed by atoms with E-state index < -0.39 is 43.4 Å². The van der Waals surface area contributed by atoms with Gasteiger partial charge in [-0.2, -0.15) is 0 Å². The highest BCUT2D eigenvalue weighted by atomic mass is 32.2. The summed E-state index contributed by atoms with van der Waals surface area (Å²) >= 11 is 0. The minimum absolute atomic E-state index is 0.0424. The number of hydrogen-bond acceptors (Lipinski definition) is 6. The second-order valence-corrected chi connectivity index (χ2v) is 7.09. The van der Waals surface area contributed by atoms with Gasteiger partial charge >= 0.3 is 0 Å². The largest absolute Gasteiger partial charge is 0.479 e. The molecule has 0 saturated heterocycles. The van der Waals surface area contributed by atoms with E-state index in [2.05, 4.69) is 10.0 Å². The maximum absolute atomic E-state index is 13.2. The SMILES string of the molecule is CC1Oc2ccc(NS(=O)(=O)c3ccc(F)cc3[N+](=O)[O-])cc2NC1=O. The normalized spacial score (nSPS) is 16.2. The van der Waals surface area contributed by atoms with Crippen molar-refractivity contribution in [1.29, 1.82) is 0 Å². The number of carbonyl (C=O) groups excluding carboxylic acids is 1. The molecule has 1 atom stereocenters. The topological polar surface area (TPSA) is 128 Å². The van der Waals surface area contributed by atoms with E-state index in [9.17, 15) is 27.7 Å². The number of amides is 1. The summed E-state index contributed by atoms with van der Waals surface area (Å²) < 4.78 is 45.7. The molecular weight excluding hydrogens is 369 g/mol. The van der Waals surface area contributed by atoms with Gasteiger partial charge in [0.25, 0.3) is 21.6 Å². The molecule has 1 unspecified atom stereocenters. The van der Waals surface area contributed by atoms with Crippen LogP contribution in [0.3, 0.4) is 0 Å².